The third-order valence-corrected chi connectivity index (χ3v) is 5.56. The first-order chi connectivity index (χ1) is 13.3. The average Bonchev–Trinajstić information content (AvgIpc) is 2.66. The molecule has 0 fully saturated rings. The molecule has 1 aliphatic rings. The van der Waals surface area contributed by atoms with Crippen LogP contribution in [0.15, 0.2) is 42.5 Å². The van der Waals surface area contributed by atoms with E-state index >= 15 is 0 Å². The van der Waals surface area contributed by atoms with Gasteiger partial charge in [-0.25, -0.2) is 8.42 Å². The molecule has 2 N–H and O–H groups in total. The summed E-state index contributed by atoms with van der Waals surface area (Å²) in [5.74, 6) is -0.186. The van der Waals surface area contributed by atoms with Crippen LogP contribution in [-0.4, -0.2) is 40.2 Å². The van der Waals surface area contributed by atoms with Crippen molar-refractivity contribution >= 4 is 27.3 Å². The Labute approximate surface area is 167 Å². The summed E-state index contributed by atoms with van der Waals surface area (Å²) in [5.41, 5.74) is 4.23. The van der Waals surface area contributed by atoms with E-state index in [9.17, 15) is 13.2 Å². The molecule has 0 saturated heterocycles. The van der Waals surface area contributed by atoms with E-state index < -0.39 is 10.0 Å². The highest BCUT2D eigenvalue weighted by molar-refractivity contribution is 7.92. The second-order valence-electron chi connectivity index (χ2n) is 7.18. The molecule has 1 amide bonds. The van der Waals surface area contributed by atoms with Gasteiger partial charge in [-0.15, -0.1) is 0 Å². The summed E-state index contributed by atoms with van der Waals surface area (Å²) in [6, 6.07) is 13.5. The fourth-order valence-corrected chi connectivity index (χ4v) is 4.22. The summed E-state index contributed by atoms with van der Waals surface area (Å²) >= 11 is 0. The Morgan fingerprint density at radius 3 is 2.71 bits per heavy atom. The van der Waals surface area contributed by atoms with Crippen LogP contribution in [0.1, 0.15) is 34.3 Å². The van der Waals surface area contributed by atoms with Crippen LogP contribution in [0.25, 0.3) is 0 Å². The zero-order valence-electron chi connectivity index (χ0n) is 16.4. The number of hydrogen-bond donors (Lipinski definition) is 2. The number of nitrogens with zero attached hydrogens (tertiary/aromatic N) is 1. The first kappa shape index (κ1) is 20.2. The molecule has 0 aromatic heterocycles. The fourth-order valence-electron chi connectivity index (χ4n) is 3.60. The molecule has 1 heterocycles. The first-order valence-corrected chi connectivity index (χ1v) is 11.4. The standard InChI is InChI=1S/C21H27N3O3S/c1-16-18(10-5-11-19(16)23-28(2,26)27)21(25)22-13-7-15-24-14-6-9-17-8-3-4-12-20(17)24/h3-5,8,10-12,23H,6-7,9,13-15H2,1-2H3,(H,22,25). The predicted octanol–water partition coefficient (Wildman–Crippen LogP) is 2.94. The predicted molar refractivity (Wildman–Crippen MR) is 114 cm³/mol. The third-order valence-electron chi connectivity index (χ3n) is 4.97. The minimum atomic E-state index is -3.39. The van der Waals surface area contributed by atoms with Crippen LogP contribution < -0.4 is 14.9 Å². The van der Waals surface area contributed by atoms with E-state index in [1.807, 2.05) is 0 Å². The van der Waals surface area contributed by atoms with E-state index in [0.29, 0.717) is 23.4 Å². The van der Waals surface area contributed by atoms with E-state index in [2.05, 4.69) is 39.2 Å². The van der Waals surface area contributed by atoms with Crippen molar-refractivity contribution in [1.82, 2.24) is 5.32 Å². The molecular formula is C21H27N3O3S. The molecule has 0 saturated carbocycles. The molecule has 0 radical (unpaired) electrons. The van der Waals surface area contributed by atoms with Gasteiger partial charge in [0.25, 0.3) is 5.91 Å². The molecule has 0 spiro atoms. The van der Waals surface area contributed by atoms with Crippen molar-refractivity contribution in [2.45, 2.75) is 26.2 Å². The van der Waals surface area contributed by atoms with E-state index in [0.717, 1.165) is 38.6 Å². The number of carbonyl (C=O) groups excluding carboxylic acids is 1. The van der Waals surface area contributed by atoms with Gasteiger partial charge in [0.2, 0.25) is 10.0 Å². The van der Waals surface area contributed by atoms with Crippen molar-refractivity contribution in [1.29, 1.82) is 0 Å². The summed E-state index contributed by atoms with van der Waals surface area (Å²) in [4.78, 5) is 14.9. The quantitative estimate of drug-likeness (QED) is 0.699. The second-order valence-corrected chi connectivity index (χ2v) is 8.93. The molecule has 0 aliphatic carbocycles. The summed E-state index contributed by atoms with van der Waals surface area (Å²) in [5, 5.41) is 2.95. The monoisotopic (exact) mass is 401 g/mol. The Bertz CT molecular complexity index is 957. The van der Waals surface area contributed by atoms with Gasteiger partial charge in [0.15, 0.2) is 0 Å². The lowest BCUT2D eigenvalue weighted by Crippen LogP contribution is -2.33. The zero-order valence-corrected chi connectivity index (χ0v) is 17.2. The number of hydrogen-bond acceptors (Lipinski definition) is 4. The number of anilines is 2. The number of fused-ring (bicyclic) bond motifs is 1. The summed E-state index contributed by atoms with van der Waals surface area (Å²) in [7, 11) is -3.39. The molecule has 0 bridgehead atoms. The van der Waals surface area contributed by atoms with Gasteiger partial charge in [0.1, 0.15) is 0 Å². The maximum Gasteiger partial charge on any atom is 0.251 e. The Morgan fingerprint density at radius 1 is 1.14 bits per heavy atom. The smallest absolute Gasteiger partial charge is 0.251 e. The van der Waals surface area contributed by atoms with Crippen molar-refractivity contribution in [3.8, 4) is 0 Å². The Kier molecular flexibility index (Phi) is 6.24. The van der Waals surface area contributed by atoms with Gasteiger partial charge in [-0.2, -0.15) is 0 Å². The topological polar surface area (TPSA) is 78.5 Å². The molecule has 0 unspecified atom stereocenters. The van der Waals surface area contributed by atoms with Crippen molar-refractivity contribution in [3.05, 3.63) is 59.2 Å². The maximum absolute atomic E-state index is 12.5. The molecule has 28 heavy (non-hydrogen) atoms. The highest BCUT2D eigenvalue weighted by atomic mass is 32.2. The number of rotatable bonds is 7. The van der Waals surface area contributed by atoms with E-state index in [1.54, 1.807) is 25.1 Å². The number of carbonyl (C=O) groups is 1. The van der Waals surface area contributed by atoms with Gasteiger partial charge in [0, 0.05) is 30.9 Å². The average molecular weight is 402 g/mol. The summed E-state index contributed by atoms with van der Waals surface area (Å²) < 4.78 is 25.4. The molecule has 1 aliphatic heterocycles. The summed E-state index contributed by atoms with van der Waals surface area (Å²) in [6.07, 6.45) is 4.22. The van der Waals surface area contributed by atoms with Crippen LogP contribution in [0.3, 0.4) is 0 Å². The van der Waals surface area contributed by atoms with Crippen LogP contribution in [-0.2, 0) is 16.4 Å². The first-order valence-electron chi connectivity index (χ1n) is 9.53. The van der Waals surface area contributed by atoms with Crippen molar-refractivity contribution in [2.24, 2.45) is 0 Å². The molecule has 2 aromatic carbocycles. The lowest BCUT2D eigenvalue weighted by molar-refractivity contribution is 0.0953. The van der Waals surface area contributed by atoms with Crippen LogP contribution in [0.4, 0.5) is 11.4 Å². The van der Waals surface area contributed by atoms with Gasteiger partial charge in [0.05, 0.1) is 11.9 Å². The SMILES string of the molecule is Cc1c(NS(C)(=O)=O)cccc1C(=O)NCCCN1CCCc2ccccc21. The van der Waals surface area contributed by atoms with Crippen molar-refractivity contribution in [2.75, 3.05) is 35.5 Å². The Morgan fingerprint density at radius 2 is 1.93 bits per heavy atom. The van der Waals surface area contributed by atoms with E-state index in [-0.39, 0.29) is 5.91 Å². The number of para-hydroxylation sites is 1. The third kappa shape index (κ3) is 5.04. The molecule has 0 atom stereocenters. The number of aryl methyl sites for hydroxylation is 1. The molecule has 3 rings (SSSR count). The molecular weight excluding hydrogens is 374 g/mol. The van der Waals surface area contributed by atoms with Crippen LogP contribution in [0.5, 0.6) is 0 Å². The van der Waals surface area contributed by atoms with Gasteiger partial charge < -0.3 is 10.2 Å². The maximum atomic E-state index is 12.5. The fraction of sp³-hybridized carbons (Fsp3) is 0.381. The van der Waals surface area contributed by atoms with Gasteiger partial charge >= 0.3 is 0 Å². The Balaban J connectivity index is 1.55. The lowest BCUT2D eigenvalue weighted by Gasteiger charge is -2.31. The van der Waals surface area contributed by atoms with Gasteiger partial charge in [-0.1, -0.05) is 24.3 Å². The second kappa shape index (κ2) is 8.65. The van der Waals surface area contributed by atoms with Crippen LogP contribution >= 0.6 is 0 Å². The minimum Gasteiger partial charge on any atom is -0.371 e. The largest absolute Gasteiger partial charge is 0.371 e. The van der Waals surface area contributed by atoms with Crippen molar-refractivity contribution < 1.29 is 13.2 Å². The number of amides is 1. The number of sulfonamides is 1. The molecule has 6 nitrogen and oxygen atoms in total. The highest BCUT2D eigenvalue weighted by Gasteiger charge is 2.16. The molecule has 2 aromatic rings. The summed E-state index contributed by atoms with van der Waals surface area (Å²) in [6.45, 7) is 4.25. The molecule has 7 heteroatoms. The normalized spacial score (nSPS) is 13.7. The lowest BCUT2D eigenvalue weighted by atomic mass is 10.0. The van der Waals surface area contributed by atoms with E-state index in [4.69, 9.17) is 0 Å². The number of benzene rings is 2. The van der Waals surface area contributed by atoms with Crippen molar-refractivity contribution in [3.63, 3.8) is 0 Å². The van der Waals surface area contributed by atoms with Gasteiger partial charge in [-0.3, -0.25) is 9.52 Å². The number of nitrogens with one attached hydrogen (secondary N) is 2. The minimum absolute atomic E-state index is 0.186. The molecule has 150 valence electrons. The Hall–Kier alpha value is -2.54. The highest BCUT2D eigenvalue weighted by Crippen LogP contribution is 2.26. The van der Waals surface area contributed by atoms with E-state index in [1.165, 1.54) is 11.3 Å². The zero-order chi connectivity index (χ0) is 20.1. The van der Waals surface area contributed by atoms with Gasteiger partial charge in [-0.05, 0) is 55.5 Å². The van der Waals surface area contributed by atoms with Crippen LogP contribution in [0.2, 0.25) is 0 Å². The van der Waals surface area contributed by atoms with Crippen LogP contribution in [0, 0.1) is 6.92 Å².